The number of nitrogens with one attached hydrogen (secondary N) is 1. The van der Waals surface area contributed by atoms with Gasteiger partial charge in [-0.3, -0.25) is 4.79 Å². The van der Waals surface area contributed by atoms with E-state index in [4.69, 9.17) is 4.74 Å². The van der Waals surface area contributed by atoms with Crippen molar-refractivity contribution >= 4 is 16.0 Å². The lowest BCUT2D eigenvalue weighted by atomic mass is 9.98. The molecule has 9 heteroatoms. The van der Waals surface area contributed by atoms with E-state index in [9.17, 15) is 22.7 Å². The fourth-order valence-corrected chi connectivity index (χ4v) is 3.87. The third-order valence-corrected chi connectivity index (χ3v) is 5.35. The summed E-state index contributed by atoms with van der Waals surface area (Å²) in [4.78, 5) is 11.2. The van der Waals surface area contributed by atoms with E-state index in [-0.39, 0.29) is 11.3 Å². The number of carbonyl (C=O) groups excluding carboxylic acids is 1. The van der Waals surface area contributed by atoms with Gasteiger partial charge in [0.25, 0.3) is 0 Å². The van der Waals surface area contributed by atoms with E-state index in [1.807, 2.05) is 0 Å². The Morgan fingerprint density at radius 3 is 2.62 bits per heavy atom. The van der Waals surface area contributed by atoms with Crippen molar-refractivity contribution in [3.63, 3.8) is 0 Å². The lowest BCUT2D eigenvalue weighted by Gasteiger charge is -2.35. The van der Waals surface area contributed by atoms with Gasteiger partial charge in [-0.15, -0.1) is 0 Å². The van der Waals surface area contributed by atoms with Crippen LogP contribution >= 0.6 is 0 Å². The summed E-state index contributed by atoms with van der Waals surface area (Å²) in [5.74, 6) is -0.962. The molecule has 1 aliphatic rings. The van der Waals surface area contributed by atoms with Crippen LogP contribution in [-0.4, -0.2) is 51.5 Å². The second-order valence-electron chi connectivity index (χ2n) is 5.52. The molecule has 2 N–H and O–H groups in total. The van der Waals surface area contributed by atoms with E-state index in [1.54, 1.807) is 0 Å². The minimum atomic E-state index is -3.86. The summed E-state index contributed by atoms with van der Waals surface area (Å²) in [5.41, 5.74) is 0. The molecule has 1 aromatic carbocycles. The predicted octanol–water partition coefficient (Wildman–Crippen LogP) is 0.576. The largest absolute Gasteiger partial charge is 0.469 e. The molecule has 0 spiro atoms. The molecule has 1 aliphatic heterocycles. The molecule has 0 amide bonds. The minimum Gasteiger partial charge on any atom is -0.469 e. The number of aliphatic hydroxyl groups is 1. The maximum absolute atomic E-state index is 12.9. The average Bonchev–Trinajstić information content (AvgIpc) is 2.56. The zero-order chi connectivity index (χ0) is 17.7. The number of halogens is 1. The zero-order valence-corrected chi connectivity index (χ0v) is 14.0. The summed E-state index contributed by atoms with van der Waals surface area (Å²) in [6.07, 6.45) is -0.315. The first-order valence-corrected chi connectivity index (χ1v) is 8.95. The molecular formula is C15H20FNO6S. The Morgan fingerprint density at radius 2 is 2.04 bits per heavy atom. The highest BCUT2D eigenvalue weighted by Gasteiger charge is 2.34. The maximum Gasteiger partial charge on any atom is 0.308 e. The molecule has 7 nitrogen and oxygen atoms in total. The molecule has 0 aromatic heterocycles. The Morgan fingerprint density at radius 1 is 1.38 bits per heavy atom. The number of aliphatic hydroxyl groups excluding tert-OH is 1. The van der Waals surface area contributed by atoms with E-state index >= 15 is 0 Å². The van der Waals surface area contributed by atoms with Crippen molar-refractivity contribution in [1.29, 1.82) is 0 Å². The summed E-state index contributed by atoms with van der Waals surface area (Å²) < 4.78 is 50.2. The van der Waals surface area contributed by atoms with Crippen LogP contribution < -0.4 is 4.72 Å². The first kappa shape index (κ1) is 18.8. The topological polar surface area (TPSA) is 102 Å². The van der Waals surface area contributed by atoms with Gasteiger partial charge in [-0.2, -0.15) is 0 Å². The molecule has 1 fully saturated rings. The molecule has 24 heavy (non-hydrogen) atoms. The molecule has 0 saturated carbocycles. The van der Waals surface area contributed by atoms with Crippen molar-refractivity contribution in [2.75, 3.05) is 13.7 Å². The normalized spacial score (nSPS) is 24.5. The van der Waals surface area contributed by atoms with Gasteiger partial charge in [0.05, 0.1) is 43.3 Å². The molecule has 0 radical (unpaired) electrons. The second-order valence-corrected chi connectivity index (χ2v) is 7.23. The van der Waals surface area contributed by atoms with E-state index in [0.717, 1.165) is 24.3 Å². The quantitative estimate of drug-likeness (QED) is 0.719. The summed E-state index contributed by atoms with van der Waals surface area (Å²) in [6, 6.07) is 3.80. The molecule has 1 saturated heterocycles. The third-order valence-electron chi connectivity index (χ3n) is 3.85. The Bertz CT molecular complexity index is 663. The van der Waals surface area contributed by atoms with Crippen molar-refractivity contribution in [3.05, 3.63) is 30.1 Å². The second kappa shape index (κ2) is 8.02. The van der Waals surface area contributed by atoms with E-state index in [0.29, 0.717) is 12.8 Å². The van der Waals surface area contributed by atoms with Crippen molar-refractivity contribution in [2.45, 2.75) is 42.4 Å². The molecule has 134 valence electrons. The van der Waals surface area contributed by atoms with E-state index in [1.165, 1.54) is 7.11 Å². The number of sulfonamides is 1. The number of ether oxygens (including phenoxy) is 2. The Hall–Kier alpha value is -1.55. The molecule has 3 atom stereocenters. The third kappa shape index (κ3) is 4.73. The van der Waals surface area contributed by atoms with E-state index < -0.39 is 46.7 Å². The van der Waals surface area contributed by atoms with Crippen LogP contribution in [0.2, 0.25) is 0 Å². The van der Waals surface area contributed by atoms with Crippen molar-refractivity contribution < 1.29 is 32.2 Å². The number of hydrogen-bond acceptors (Lipinski definition) is 6. The monoisotopic (exact) mass is 361 g/mol. The molecule has 2 rings (SSSR count). The van der Waals surface area contributed by atoms with Gasteiger partial charge in [0.1, 0.15) is 5.82 Å². The maximum atomic E-state index is 12.9. The molecular weight excluding hydrogens is 341 g/mol. The molecule has 1 heterocycles. The lowest BCUT2D eigenvalue weighted by molar-refractivity contribution is -0.149. The number of benzene rings is 1. The van der Waals surface area contributed by atoms with Crippen LogP contribution in [0.25, 0.3) is 0 Å². The fourth-order valence-electron chi connectivity index (χ4n) is 2.57. The number of esters is 1. The standard InChI is InChI=1S/C15H20FNO6S/c1-22-15(19)8-11-4-7-13(14(9-18)23-11)17-24(20,21)12-5-2-10(16)3-6-12/h2-3,5-6,11,13-14,17-18H,4,7-9H2,1H3/t11-,13+,14+/m0/s1. The van der Waals surface area contributed by atoms with Crippen LogP contribution in [0.4, 0.5) is 4.39 Å². The van der Waals surface area contributed by atoms with Crippen LogP contribution in [0.3, 0.4) is 0 Å². The molecule has 0 bridgehead atoms. The minimum absolute atomic E-state index is 0.0461. The van der Waals surface area contributed by atoms with Crippen molar-refractivity contribution in [1.82, 2.24) is 4.72 Å². The summed E-state index contributed by atoms with van der Waals surface area (Å²) in [7, 11) is -2.59. The number of hydrogen-bond donors (Lipinski definition) is 2. The zero-order valence-electron chi connectivity index (χ0n) is 13.1. The van der Waals surface area contributed by atoms with Gasteiger partial charge in [-0.25, -0.2) is 17.5 Å². The highest BCUT2D eigenvalue weighted by molar-refractivity contribution is 7.89. The first-order chi connectivity index (χ1) is 11.4. The van der Waals surface area contributed by atoms with Crippen molar-refractivity contribution in [2.24, 2.45) is 0 Å². The van der Waals surface area contributed by atoms with Gasteiger partial charge in [0.15, 0.2) is 0 Å². The van der Waals surface area contributed by atoms with Crippen LogP contribution in [0.5, 0.6) is 0 Å². The lowest BCUT2D eigenvalue weighted by Crippen LogP contribution is -2.51. The van der Waals surface area contributed by atoms with Crippen LogP contribution in [-0.2, 0) is 24.3 Å². The smallest absolute Gasteiger partial charge is 0.308 e. The summed E-state index contributed by atoms with van der Waals surface area (Å²) >= 11 is 0. The van der Waals surface area contributed by atoms with Gasteiger partial charge in [0, 0.05) is 0 Å². The SMILES string of the molecule is COC(=O)C[C@@H]1CC[C@@H](NS(=O)(=O)c2ccc(F)cc2)[C@@H](CO)O1. The summed E-state index contributed by atoms with van der Waals surface area (Å²) in [5, 5.41) is 9.45. The van der Waals surface area contributed by atoms with Crippen LogP contribution in [0.15, 0.2) is 29.2 Å². The Kier molecular flexibility index (Phi) is 6.27. The van der Waals surface area contributed by atoms with Gasteiger partial charge >= 0.3 is 5.97 Å². The summed E-state index contributed by atoms with van der Waals surface area (Å²) in [6.45, 7) is -0.395. The highest BCUT2D eigenvalue weighted by Crippen LogP contribution is 2.24. The van der Waals surface area contributed by atoms with Crippen LogP contribution in [0, 0.1) is 5.82 Å². The number of rotatable bonds is 6. The van der Waals surface area contributed by atoms with Gasteiger partial charge in [-0.1, -0.05) is 0 Å². The van der Waals surface area contributed by atoms with Gasteiger partial charge in [0.2, 0.25) is 10.0 Å². The fraction of sp³-hybridized carbons (Fsp3) is 0.533. The van der Waals surface area contributed by atoms with Crippen molar-refractivity contribution in [3.8, 4) is 0 Å². The molecule has 0 unspecified atom stereocenters. The Labute approximate surface area is 139 Å². The van der Waals surface area contributed by atoms with Crippen LogP contribution in [0.1, 0.15) is 19.3 Å². The average molecular weight is 361 g/mol. The molecule has 1 aromatic rings. The van der Waals surface area contributed by atoms with Gasteiger partial charge in [-0.05, 0) is 37.1 Å². The van der Waals surface area contributed by atoms with Gasteiger partial charge < -0.3 is 14.6 Å². The molecule has 0 aliphatic carbocycles. The number of carbonyl (C=O) groups is 1. The van der Waals surface area contributed by atoms with E-state index in [2.05, 4.69) is 9.46 Å². The predicted molar refractivity (Wildman–Crippen MR) is 82.1 cm³/mol. The number of methoxy groups -OCH3 is 1. The first-order valence-electron chi connectivity index (χ1n) is 7.46. The highest BCUT2D eigenvalue weighted by atomic mass is 32.2. The Balaban J connectivity index is 2.04.